The number of carbonyl (C=O) groups is 1. The van der Waals surface area contributed by atoms with E-state index in [1.165, 1.54) is 16.7 Å². The quantitative estimate of drug-likeness (QED) is 0.736. The smallest absolute Gasteiger partial charge is 0.303 e. The minimum Gasteiger partial charge on any atom is -0.481 e. The van der Waals surface area contributed by atoms with Gasteiger partial charge in [0, 0.05) is 13.0 Å². The average Bonchev–Trinajstić information content (AvgIpc) is 2.63. The summed E-state index contributed by atoms with van der Waals surface area (Å²) in [6, 6.07) is 13.0. The first-order valence-electron chi connectivity index (χ1n) is 8.19. The van der Waals surface area contributed by atoms with E-state index in [4.69, 9.17) is 5.11 Å². The molecule has 0 aliphatic carbocycles. The third-order valence-corrected chi connectivity index (χ3v) is 3.96. The zero-order valence-corrected chi connectivity index (χ0v) is 13.9. The topological polar surface area (TPSA) is 72.2 Å². The van der Waals surface area contributed by atoms with Crippen molar-refractivity contribution in [1.29, 1.82) is 0 Å². The Bertz CT molecular complexity index is 1020. The predicted molar refractivity (Wildman–Crippen MR) is 98.2 cm³/mol. The van der Waals surface area contributed by atoms with E-state index in [1.807, 2.05) is 0 Å². The van der Waals surface area contributed by atoms with E-state index >= 15 is 0 Å². The average molecular weight is 352 g/mol. The number of halogens is 1. The number of aliphatic carboxylic acids is 1. The Hall–Kier alpha value is -3.28. The molecular formula is C20H17FN2O3. The van der Waals surface area contributed by atoms with Crippen LogP contribution in [0.5, 0.6) is 0 Å². The molecule has 0 aliphatic heterocycles. The number of hydrogen-bond donors (Lipinski definition) is 1. The molecule has 26 heavy (non-hydrogen) atoms. The molecule has 1 heterocycles. The van der Waals surface area contributed by atoms with Crippen molar-refractivity contribution in [2.45, 2.75) is 19.4 Å². The molecule has 1 aromatic heterocycles. The van der Waals surface area contributed by atoms with Gasteiger partial charge < -0.3 is 5.11 Å². The summed E-state index contributed by atoms with van der Waals surface area (Å²) in [6.07, 6.45) is 3.72. The minimum absolute atomic E-state index is 0.0274. The van der Waals surface area contributed by atoms with Crippen LogP contribution >= 0.6 is 0 Å². The van der Waals surface area contributed by atoms with Crippen LogP contribution in [0.3, 0.4) is 0 Å². The second kappa shape index (κ2) is 7.74. The SMILES string of the molecule is O=C(O)CCCn1c(/C=C\c2ccc(F)cc2)nc2ccccc2c1=O. The number of carboxylic acid groups (broad SMARTS) is 1. The lowest BCUT2D eigenvalue weighted by Gasteiger charge is -2.10. The van der Waals surface area contributed by atoms with Gasteiger partial charge in [-0.2, -0.15) is 0 Å². The molecule has 0 aliphatic rings. The highest BCUT2D eigenvalue weighted by Gasteiger charge is 2.09. The highest BCUT2D eigenvalue weighted by atomic mass is 19.1. The third-order valence-electron chi connectivity index (χ3n) is 3.96. The van der Waals surface area contributed by atoms with Crippen molar-refractivity contribution in [1.82, 2.24) is 9.55 Å². The van der Waals surface area contributed by atoms with E-state index in [1.54, 1.807) is 48.6 Å². The van der Waals surface area contributed by atoms with Gasteiger partial charge in [-0.3, -0.25) is 14.2 Å². The van der Waals surface area contributed by atoms with E-state index in [2.05, 4.69) is 4.98 Å². The zero-order valence-electron chi connectivity index (χ0n) is 13.9. The van der Waals surface area contributed by atoms with E-state index in [0.717, 1.165) is 5.56 Å². The predicted octanol–water partition coefficient (Wildman–Crippen LogP) is 3.57. The van der Waals surface area contributed by atoms with Gasteiger partial charge in [-0.05, 0) is 42.3 Å². The van der Waals surface area contributed by atoms with Gasteiger partial charge in [0.2, 0.25) is 0 Å². The number of benzene rings is 2. The molecule has 0 radical (unpaired) electrons. The van der Waals surface area contributed by atoms with Crippen LogP contribution < -0.4 is 5.56 Å². The first-order chi connectivity index (χ1) is 12.5. The Balaban J connectivity index is 2.01. The summed E-state index contributed by atoms with van der Waals surface area (Å²) in [4.78, 5) is 28.1. The van der Waals surface area contributed by atoms with Gasteiger partial charge in [0.1, 0.15) is 11.6 Å². The molecule has 0 saturated heterocycles. The fraction of sp³-hybridized carbons (Fsp3) is 0.150. The Morgan fingerprint density at radius 2 is 1.85 bits per heavy atom. The lowest BCUT2D eigenvalue weighted by atomic mass is 10.2. The Morgan fingerprint density at radius 3 is 2.58 bits per heavy atom. The van der Waals surface area contributed by atoms with E-state index < -0.39 is 5.97 Å². The second-order valence-electron chi connectivity index (χ2n) is 5.83. The zero-order chi connectivity index (χ0) is 18.5. The van der Waals surface area contributed by atoms with Crippen molar-refractivity contribution in [3.05, 3.63) is 76.1 Å². The van der Waals surface area contributed by atoms with Crippen LogP contribution in [0, 0.1) is 5.82 Å². The molecular weight excluding hydrogens is 335 g/mol. The lowest BCUT2D eigenvalue weighted by Crippen LogP contribution is -2.24. The largest absolute Gasteiger partial charge is 0.481 e. The van der Waals surface area contributed by atoms with Gasteiger partial charge >= 0.3 is 5.97 Å². The molecule has 0 atom stereocenters. The molecule has 0 amide bonds. The molecule has 0 saturated carbocycles. The second-order valence-corrected chi connectivity index (χ2v) is 5.83. The van der Waals surface area contributed by atoms with Crippen LogP contribution in [0.4, 0.5) is 4.39 Å². The third kappa shape index (κ3) is 4.03. The van der Waals surface area contributed by atoms with Crippen LogP contribution in [0.2, 0.25) is 0 Å². The van der Waals surface area contributed by atoms with Crippen molar-refractivity contribution < 1.29 is 14.3 Å². The molecule has 2 aromatic carbocycles. The molecule has 5 nitrogen and oxygen atoms in total. The number of carboxylic acids is 1. The molecule has 0 bridgehead atoms. The highest BCUT2D eigenvalue weighted by molar-refractivity contribution is 5.79. The summed E-state index contributed by atoms with van der Waals surface area (Å²) in [7, 11) is 0. The highest BCUT2D eigenvalue weighted by Crippen LogP contribution is 2.12. The van der Waals surface area contributed by atoms with Crippen LogP contribution in [-0.2, 0) is 11.3 Å². The number of aromatic nitrogens is 2. The van der Waals surface area contributed by atoms with Gasteiger partial charge in [-0.25, -0.2) is 9.37 Å². The maximum absolute atomic E-state index is 13.0. The van der Waals surface area contributed by atoms with E-state index in [0.29, 0.717) is 23.1 Å². The minimum atomic E-state index is -0.907. The summed E-state index contributed by atoms with van der Waals surface area (Å²) in [5, 5.41) is 9.32. The summed E-state index contributed by atoms with van der Waals surface area (Å²) in [5.41, 5.74) is 1.14. The molecule has 132 valence electrons. The van der Waals surface area contributed by atoms with Gasteiger partial charge in [-0.15, -0.1) is 0 Å². The lowest BCUT2D eigenvalue weighted by molar-refractivity contribution is -0.137. The molecule has 0 spiro atoms. The Morgan fingerprint density at radius 1 is 1.12 bits per heavy atom. The van der Waals surface area contributed by atoms with Crippen molar-refractivity contribution in [2.24, 2.45) is 0 Å². The fourth-order valence-electron chi connectivity index (χ4n) is 2.66. The summed E-state index contributed by atoms with van der Waals surface area (Å²) >= 11 is 0. The van der Waals surface area contributed by atoms with Crippen molar-refractivity contribution in [2.75, 3.05) is 0 Å². The van der Waals surface area contributed by atoms with Crippen LogP contribution in [0.25, 0.3) is 23.1 Å². The normalized spacial score (nSPS) is 11.3. The Labute approximate surface area is 149 Å². The molecule has 0 fully saturated rings. The number of para-hydroxylation sites is 1. The van der Waals surface area contributed by atoms with E-state index in [-0.39, 0.29) is 24.3 Å². The van der Waals surface area contributed by atoms with Crippen molar-refractivity contribution in [3.63, 3.8) is 0 Å². The van der Waals surface area contributed by atoms with Crippen LogP contribution in [0.1, 0.15) is 24.2 Å². The van der Waals surface area contributed by atoms with Gasteiger partial charge in [-0.1, -0.05) is 30.3 Å². The molecule has 3 aromatic rings. The summed E-state index contributed by atoms with van der Waals surface area (Å²) in [5.74, 6) is -0.796. The van der Waals surface area contributed by atoms with Crippen molar-refractivity contribution >= 4 is 29.0 Å². The van der Waals surface area contributed by atoms with Crippen LogP contribution in [0.15, 0.2) is 53.3 Å². The number of nitrogens with zero attached hydrogens (tertiary/aromatic N) is 2. The fourth-order valence-corrected chi connectivity index (χ4v) is 2.66. The molecule has 1 N–H and O–H groups in total. The first-order valence-corrected chi connectivity index (χ1v) is 8.19. The Kier molecular flexibility index (Phi) is 5.22. The standard InChI is InChI=1S/C20H17FN2O3/c21-15-10-7-14(8-11-15)9-12-18-22-17-5-2-1-4-16(17)20(26)23(18)13-3-6-19(24)25/h1-2,4-5,7-12H,3,6,13H2,(H,24,25)/b12-9-. The number of hydrogen-bond acceptors (Lipinski definition) is 3. The van der Waals surface area contributed by atoms with Crippen LogP contribution in [-0.4, -0.2) is 20.6 Å². The first kappa shape index (κ1) is 17.5. The summed E-state index contributed by atoms with van der Waals surface area (Å²) < 4.78 is 14.5. The molecule has 6 heteroatoms. The molecule has 0 unspecified atom stereocenters. The number of rotatable bonds is 6. The van der Waals surface area contributed by atoms with Gasteiger partial charge in [0.25, 0.3) is 5.56 Å². The van der Waals surface area contributed by atoms with Gasteiger partial charge in [0.15, 0.2) is 0 Å². The maximum Gasteiger partial charge on any atom is 0.303 e. The number of fused-ring (bicyclic) bond motifs is 1. The monoisotopic (exact) mass is 352 g/mol. The summed E-state index contributed by atoms with van der Waals surface area (Å²) in [6.45, 7) is 0.256. The van der Waals surface area contributed by atoms with E-state index in [9.17, 15) is 14.0 Å². The van der Waals surface area contributed by atoms with Gasteiger partial charge in [0.05, 0.1) is 10.9 Å². The van der Waals surface area contributed by atoms with Crippen molar-refractivity contribution in [3.8, 4) is 0 Å². The molecule has 3 rings (SSSR count). The maximum atomic E-state index is 13.0.